The molecule has 0 aromatic heterocycles. The number of benzene rings is 10. The van der Waals surface area contributed by atoms with Gasteiger partial charge >= 0.3 is 0 Å². The standard InChI is InChI=1S/C66H49N/c1-46-36-43-61-60(44-46)57-42-41-54(45-62(57)66(61,52-26-10-4-11-27-52)53-28-12-5-13-29-53)67(63-34-16-14-30-55(63)50-39-37-48(38-40-50)47-20-6-2-7-21-47)64-35-17-15-31-58(64)59-33-19-25-51-24-18-32-56(65(51)59)49-22-8-3-9-23-49/h2-43,45-46H,44H2,1H3. The van der Waals surface area contributed by atoms with Crippen LogP contribution in [0, 0.1) is 5.92 Å². The summed E-state index contributed by atoms with van der Waals surface area (Å²) in [5, 5.41) is 2.46. The van der Waals surface area contributed by atoms with Crippen molar-refractivity contribution in [1.29, 1.82) is 0 Å². The van der Waals surface area contributed by atoms with E-state index in [0.717, 1.165) is 40.2 Å². The van der Waals surface area contributed by atoms with Gasteiger partial charge in [0.15, 0.2) is 0 Å². The molecule has 2 aliphatic carbocycles. The SMILES string of the molecule is CC1C=CC2=C(C1)c1ccc(N(c3ccccc3-c3ccc(-c4ccccc4)cc3)c3ccccc3-c3cccc4cccc(-c5ccccc5)c34)cc1C2(c1ccccc1)c1ccccc1. The first-order valence-electron chi connectivity index (χ1n) is 23.6. The maximum absolute atomic E-state index is 2.54. The Morgan fingerprint density at radius 1 is 0.403 bits per heavy atom. The van der Waals surface area contributed by atoms with Crippen molar-refractivity contribution in [2.24, 2.45) is 5.92 Å². The maximum atomic E-state index is 2.54. The highest BCUT2D eigenvalue weighted by Gasteiger charge is 2.48. The molecule has 0 heterocycles. The van der Waals surface area contributed by atoms with Crippen molar-refractivity contribution < 1.29 is 0 Å². The third-order valence-electron chi connectivity index (χ3n) is 14.1. The second kappa shape index (κ2) is 16.9. The van der Waals surface area contributed by atoms with E-state index in [1.165, 1.54) is 72.0 Å². The molecular formula is C66H49N. The Morgan fingerprint density at radius 2 is 0.896 bits per heavy atom. The first kappa shape index (κ1) is 40.3. The molecule has 10 aromatic rings. The summed E-state index contributed by atoms with van der Waals surface area (Å²) in [5.74, 6) is 0.443. The summed E-state index contributed by atoms with van der Waals surface area (Å²) >= 11 is 0. The molecule has 10 aromatic carbocycles. The Kier molecular flexibility index (Phi) is 10.2. The lowest BCUT2D eigenvalue weighted by Gasteiger charge is -2.36. The van der Waals surface area contributed by atoms with Crippen LogP contribution >= 0.6 is 0 Å². The van der Waals surface area contributed by atoms with Gasteiger partial charge in [-0.1, -0.05) is 244 Å². The normalized spacial score (nSPS) is 14.7. The average molecular weight is 856 g/mol. The number of anilines is 3. The zero-order valence-corrected chi connectivity index (χ0v) is 37.6. The fraction of sp³-hybridized carbons (Fsp3) is 0.0606. The molecule has 0 radical (unpaired) electrons. The Bertz CT molecular complexity index is 3430. The highest BCUT2D eigenvalue weighted by atomic mass is 15.1. The summed E-state index contributed by atoms with van der Waals surface area (Å²) in [5.41, 5.74) is 20.4. The first-order chi connectivity index (χ1) is 33.2. The lowest BCUT2D eigenvalue weighted by Crippen LogP contribution is -2.30. The fourth-order valence-electron chi connectivity index (χ4n) is 11.1. The van der Waals surface area contributed by atoms with Crippen molar-refractivity contribution in [3.63, 3.8) is 0 Å². The summed E-state index contributed by atoms with van der Waals surface area (Å²) < 4.78 is 0. The molecule has 12 rings (SSSR count). The zero-order valence-electron chi connectivity index (χ0n) is 37.6. The highest BCUT2D eigenvalue weighted by molar-refractivity contribution is 6.09. The van der Waals surface area contributed by atoms with Crippen molar-refractivity contribution in [3.8, 4) is 44.5 Å². The summed E-state index contributed by atoms with van der Waals surface area (Å²) in [6, 6.07) is 91.7. The minimum atomic E-state index is -0.516. The van der Waals surface area contributed by atoms with Gasteiger partial charge in [0.2, 0.25) is 0 Å². The number of hydrogen-bond acceptors (Lipinski definition) is 1. The number of fused-ring (bicyclic) bond motifs is 3. The number of allylic oxidation sites excluding steroid dienone is 4. The van der Waals surface area contributed by atoms with E-state index in [4.69, 9.17) is 0 Å². The second-order valence-electron chi connectivity index (χ2n) is 18.0. The van der Waals surface area contributed by atoms with Crippen LogP contribution in [0.25, 0.3) is 60.9 Å². The quantitative estimate of drug-likeness (QED) is 0.140. The van der Waals surface area contributed by atoms with Gasteiger partial charge in [-0.3, -0.25) is 0 Å². The highest BCUT2D eigenvalue weighted by Crippen LogP contribution is 2.59. The molecule has 1 unspecified atom stereocenters. The van der Waals surface area contributed by atoms with Crippen molar-refractivity contribution in [2.75, 3.05) is 4.90 Å². The van der Waals surface area contributed by atoms with Crippen molar-refractivity contribution in [1.82, 2.24) is 0 Å². The van der Waals surface area contributed by atoms with Crippen molar-refractivity contribution in [2.45, 2.75) is 18.8 Å². The van der Waals surface area contributed by atoms with Crippen molar-refractivity contribution in [3.05, 3.63) is 289 Å². The molecule has 0 aliphatic heterocycles. The number of nitrogens with zero attached hydrogens (tertiary/aromatic N) is 1. The Hall–Kier alpha value is -8.26. The number of hydrogen-bond donors (Lipinski definition) is 0. The van der Waals surface area contributed by atoms with E-state index < -0.39 is 5.41 Å². The smallest absolute Gasteiger partial charge is 0.0710 e. The molecule has 1 atom stereocenters. The monoisotopic (exact) mass is 855 g/mol. The van der Waals surface area contributed by atoms with Crippen LogP contribution in [-0.2, 0) is 5.41 Å². The van der Waals surface area contributed by atoms with Crippen molar-refractivity contribution >= 4 is 33.4 Å². The van der Waals surface area contributed by atoms with E-state index in [0.29, 0.717) is 5.92 Å². The van der Waals surface area contributed by atoms with E-state index in [9.17, 15) is 0 Å². The molecule has 0 N–H and O–H groups in total. The van der Waals surface area contributed by atoms with E-state index in [1.54, 1.807) is 0 Å². The molecule has 0 amide bonds. The van der Waals surface area contributed by atoms with Gasteiger partial charge in [0, 0.05) is 16.8 Å². The molecule has 0 bridgehead atoms. The van der Waals surface area contributed by atoms with Gasteiger partial charge < -0.3 is 4.90 Å². The maximum Gasteiger partial charge on any atom is 0.0710 e. The molecule has 1 nitrogen and oxygen atoms in total. The van der Waals surface area contributed by atoms with Gasteiger partial charge in [-0.15, -0.1) is 0 Å². The molecule has 0 saturated carbocycles. The topological polar surface area (TPSA) is 3.24 Å². The van der Waals surface area contributed by atoms with Crippen LogP contribution in [0.5, 0.6) is 0 Å². The van der Waals surface area contributed by atoms with Gasteiger partial charge in [-0.2, -0.15) is 0 Å². The molecule has 0 spiro atoms. The largest absolute Gasteiger partial charge is 0.309 e. The number of rotatable bonds is 9. The molecule has 2 aliphatic rings. The first-order valence-corrected chi connectivity index (χ1v) is 23.6. The van der Waals surface area contributed by atoms with Gasteiger partial charge in [-0.25, -0.2) is 0 Å². The Morgan fingerprint density at radius 3 is 1.55 bits per heavy atom. The van der Waals surface area contributed by atoms with E-state index in [2.05, 4.69) is 273 Å². The average Bonchev–Trinajstić information content (AvgIpc) is 3.69. The Labute approximate surface area is 394 Å². The van der Waals surface area contributed by atoms with Crippen LogP contribution in [0.4, 0.5) is 17.1 Å². The predicted octanol–water partition coefficient (Wildman–Crippen LogP) is 17.7. The predicted molar refractivity (Wildman–Crippen MR) is 283 cm³/mol. The Balaban J connectivity index is 1.13. The van der Waals surface area contributed by atoms with Crippen LogP contribution in [0.2, 0.25) is 0 Å². The van der Waals surface area contributed by atoms with E-state index >= 15 is 0 Å². The summed E-state index contributed by atoms with van der Waals surface area (Å²) in [6.45, 7) is 2.35. The summed E-state index contributed by atoms with van der Waals surface area (Å²) in [7, 11) is 0. The molecule has 67 heavy (non-hydrogen) atoms. The molecule has 0 saturated heterocycles. The lowest BCUT2D eigenvalue weighted by molar-refractivity contribution is 0.718. The van der Waals surface area contributed by atoms with E-state index in [-0.39, 0.29) is 0 Å². The molecule has 1 heteroatoms. The van der Waals surface area contributed by atoms with E-state index in [1.807, 2.05) is 0 Å². The molecular weight excluding hydrogens is 807 g/mol. The van der Waals surface area contributed by atoms with Crippen LogP contribution in [-0.4, -0.2) is 0 Å². The van der Waals surface area contributed by atoms with Crippen LogP contribution in [0.1, 0.15) is 35.6 Å². The fourth-order valence-corrected chi connectivity index (χ4v) is 11.1. The minimum Gasteiger partial charge on any atom is -0.309 e. The minimum absolute atomic E-state index is 0.443. The van der Waals surface area contributed by atoms with Gasteiger partial charge in [0.25, 0.3) is 0 Å². The molecule has 318 valence electrons. The third kappa shape index (κ3) is 6.86. The van der Waals surface area contributed by atoms with Crippen LogP contribution in [0.3, 0.4) is 0 Å². The van der Waals surface area contributed by atoms with Crippen LogP contribution < -0.4 is 4.90 Å². The lowest BCUT2D eigenvalue weighted by atomic mass is 9.66. The zero-order chi connectivity index (χ0) is 44.7. The van der Waals surface area contributed by atoms with Gasteiger partial charge in [-0.05, 0) is 114 Å². The second-order valence-corrected chi connectivity index (χ2v) is 18.0. The summed E-state index contributed by atoms with van der Waals surface area (Å²) in [4.78, 5) is 2.54. The third-order valence-corrected chi connectivity index (χ3v) is 14.1. The summed E-state index contributed by atoms with van der Waals surface area (Å²) in [6.07, 6.45) is 5.86. The molecule has 0 fully saturated rings. The van der Waals surface area contributed by atoms with Gasteiger partial charge in [0.05, 0.1) is 16.8 Å². The number of para-hydroxylation sites is 2. The van der Waals surface area contributed by atoms with Gasteiger partial charge in [0.1, 0.15) is 0 Å². The van der Waals surface area contributed by atoms with Crippen LogP contribution in [0.15, 0.2) is 266 Å².